The quantitative estimate of drug-likeness (QED) is 0.645. The zero-order valence-electron chi connectivity index (χ0n) is 11.6. The number of para-hydroxylation sites is 1. The first-order chi connectivity index (χ1) is 9.61. The van der Waals surface area contributed by atoms with Gasteiger partial charge in [-0.25, -0.2) is 0 Å². The first-order valence-corrected chi connectivity index (χ1v) is 6.46. The van der Waals surface area contributed by atoms with Crippen molar-refractivity contribution in [3.05, 3.63) is 53.6 Å². The Balaban J connectivity index is 2.34. The average molecular weight is 270 g/mol. The van der Waals surface area contributed by atoms with E-state index in [1.165, 1.54) is 0 Å². The largest absolute Gasteiger partial charge is 0.494 e. The Morgan fingerprint density at radius 3 is 2.55 bits per heavy atom. The topological polar surface area (TPSA) is 68.3 Å². The Kier molecular flexibility index (Phi) is 4.25. The maximum atomic E-state index is 7.62. The number of aryl methyl sites for hydroxylation is 1. The highest BCUT2D eigenvalue weighted by molar-refractivity contribution is 5.98. The minimum absolute atomic E-state index is 0.00957. The smallest absolute Gasteiger partial charge is 0.141 e. The maximum Gasteiger partial charge on any atom is 0.141 e. The first-order valence-electron chi connectivity index (χ1n) is 6.46. The lowest BCUT2D eigenvalue weighted by atomic mass is 10.1. The van der Waals surface area contributed by atoms with Gasteiger partial charge in [0.25, 0.3) is 0 Å². The number of hydrogen-bond acceptors (Lipinski definition) is 3. The van der Waals surface area contributed by atoms with Crippen molar-refractivity contribution >= 4 is 5.84 Å². The molecule has 0 heterocycles. The van der Waals surface area contributed by atoms with Crippen molar-refractivity contribution < 1.29 is 9.47 Å². The molecule has 0 aliphatic carbocycles. The van der Waals surface area contributed by atoms with Crippen LogP contribution in [0.1, 0.15) is 18.1 Å². The van der Waals surface area contributed by atoms with Gasteiger partial charge in [0.1, 0.15) is 23.1 Å². The summed E-state index contributed by atoms with van der Waals surface area (Å²) in [7, 11) is 0. The molecule has 0 saturated carbocycles. The highest BCUT2D eigenvalue weighted by Gasteiger charge is 2.10. The predicted octanol–water partition coefficient (Wildman–Crippen LogP) is 3.47. The van der Waals surface area contributed by atoms with Crippen molar-refractivity contribution in [2.45, 2.75) is 13.8 Å². The molecule has 3 N–H and O–H groups in total. The molecule has 0 aliphatic heterocycles. The number of amidine groups is 1. The van der Waals surface area contributed by atoms with E-state index in [1.807, 2.05) is 50.2 Å². The summed E-state index contributed by atoms with van der Waals surface area (Å²) in [5.41, 5.74) is 7.11. The molecule has 4 nitrogen and oxygen atoms in total. The molecule has 0 aromatic heterocycles. The molecule has 0 radical (unpaired) electrons. The predicted molar refractivity (Wildman–Crippen MR) is 79.9 cm³/mol. The van der Waals surface area contributed by atoms with E-state index >= 15 is 0 Å². The van der Waals surface area contributed by atoms with Crippen LogP contribution in [-0.2, 0) is 0 Å². The van der Waals surface area contributed by atoms with Gasteiger partial charge in [-0.15, -0.1) is 0 Å². The van der Waals surface area contributed by atoms with Gasteiger partial charge in [0, 0.05) is 6.07 Å². The molecule has 20 heavy (non-hydrogen) atoms. The van der Waals surface area contributed by atoms with Gasteiger partial charge in [0.2, 0.25) is 0 Å². The van der Waals surface area contributed by atoms with E-state index in [-0.39, 0.29) is 5.84 Å². The fraction of sp³-hybridized carbons (Fsp3) is 0.188. The highest BCUT2D eigenvalue weighted by atomic mass is 16.5. The zero-order valence-corrected chi connectivity index (χ0v) is 11.6. The van der Waals surface area contributed by atoms with E-state index in [9.17, 15) is 0 Å². The lowest BCUT2D eigenvalue weighted by molar-refractivity contribution is 0.338. The number of nitrogens with one attached hydrogen (secondary N) is 1. The van der Waals surface area contributed by atoms with Gasteiger partial charge in [-0.2, -0.15) is 0 Å². The molecule has 4 heteroatoms. The molecule has 0 spiro atoms. The standard InChI is InChI=1S/C16H18N2O2/c1-3-19-12-7-5-8-13(10-12)20-15-11(2)6-4-9-14(15)16(17)18/h4-10H,3H2,1-2H3,(H3,17,18). The van der Waals surface area contributed by atoms with Crippen LogP contribution in [0.25, 0.3) is 0 Å². The fourth-order valence-electron chi connectivity index (χ4n) is 1.91. The molecule has 0 bridgehead atoms. The zero-order chi connectivity index (χ0) is 14.5. The number of nitrogens with two attached hydrogens (primary N) is 1. The summed E-state index contributed by atoms with van der Waals surface area (Å²) in [6.07, 6.45) is 0. The summed E-state index contributed by atoms with van der Waals surface area (Å²) < 4.78 is 11.3. The van der Waals surface area contributed by atoms with Gasteiger partial charge < -0.3 is 15.2 Å². The molecular formula is C16H18N2O2. The second kappa shape index (κ2) is 6.10. The van der Waals surface area contributed by atoms with Crippen molar-refractivity contribution in [3.8, 4) is 17.2 Å². The molecule has 104 valence electrons. The maximum absolute atomic E-state index is 7.62. The third-order valence-corrected chi connectivity index (χ3v) is 2.84. The number of rotatable bonds is 5. The number of nitrogen functional groups attached to an aromatic ring is 1. The van der Waals surface area contributed by atoms with Crippen LogP contribution in [-0.4, -0.2) is 12.4 Å². The van der Waals surface area contributed by atoms with E-state index in [4.69, 9.17) is 20.6 Å². The summed E-state index contributed by atoms with van der Waals surface area (Å²) in [5.74, 6) is 2.01. The van der Waals surface area contributed by atoms with Crippen molar-refractivity contribution in [2.75, 3.05) is 6.61 Å². The van der Waals surface area contributed by atoms with Crippen LogP contribution >= 0.6 is 0 Å². The number of benzene rings is 2. The number of hydrogen-bond donors (Lipinski definition) is 2. The van der Waals surface area contributed by atoms with E-state index in [0.29, 0.717) is 23.7 Å². The van der Waals surface area contributed by atoms with Crippen LogP contribution in [0, 0.1) is 12.3 Å². The van der Waals surface area contributed by atoms with E-state index in [0.717, 1.165) is 11.3 Å². The molecule has 0 amide bonds. The Hall–Kier alpha value is -2.49. The molecule has 0 saturated heterocycles. The average Bonchev–Trinajstić information content (AvgIpc) is 2.41. The Bertz CT molecular complexity index is 624. The first kappa shape index (κ1) is 13.9. The van der Waals surface area contributed by atoms with Gasteiger partial charge in [0.05, 0.1) is 12.2 Å². The van der Waals surface area contributed by atoms with Crippen molar-refractivity contribution in [1.82, 2.24) is 0 Å². The summed E-state index contributed by atoms with van der Waals surface area (Å²) >= 11 is 0. The second-order valence-corrected chi connectivity index (χ2v) is 4.38. The summed E-state index contributed by atoms with van der Waals surface area (Å²) in [6, 6.07) is 13.0. The minimum Gasteiger partial charge on any atom is -0.494 e. The van der Waals surface area contributed by atoms with E-state index in [2.05, 4.69) is 0 Å². The molecule has 0 unspecified atom stereocenters. The molecule has 2 rings (SSSR count). The van der Waals surface area contributed by atoms with Crippen LogP contribution in [0.2, 0.25) is 0 Å². The van der Waals surface area contributed by atoms with Crippen molar-refractivity contribution in [3.63, 3.8) is 0 Å². The lowest BCUT2D eigenvalue weighted by Gasteiger charge is -2.13. The Morgan fingerprint density at radius 2 is 1.85 bits per heavy atom. The SMILES string of the molecule is CCOc1cccc(Oc2c(C)cccc2C(=N)N)c1. The summed E-state index contributed by atoms with van der Waals surface area (Å²) in [4.78, 5) is 0. The van der Waals surface area contributed by atoms with Crippen molar-refractivity contribution in [2.24, 2.45) is 5.73 Å². The molecular weight excluding hydrogens is 252 g/mol. The van der Waals surface area contributed by atoms with E-state index < -0.39 is 0 Å². The van der Waals surface area contributed by atoms with Gasteiger partial charge in [0.15, 0.2) is 0 Å². The second-order valence-electron chi connectivity index (χ2n) is 4.38. The Labute approximate surface area is 118 Å². The fourth-order valence-corrected chi connectivity index (χ4v) is 1.91. The van der Waals surface area contributed by atoms with Gasteiger partial charge >= 0.3 is 0 Å². The van der Waals surface area contributed by atoms with Gasteiger partial charge in [-0.3, -0.25) is 5.41 Å². The summed E-state index contributed by atoms with van der Waals surface area (Å²) in [5, 5.41) is 7.62. The molecule has 2 aromatic carbocycles. The molecule has 0 aliphatic rings. The monoisotopic (exact) mass is 270 g/mol. The highest BCUT2D eigenvalue weighted by Crippen LogP contribution is 2.30. The molecule has 0 fully saturated rings. The van der Waals surface area contributed by atoms with Crippen LogP contribution in [0.5, 0.6) is 17.2 Å². The third-order valence-electron chi connectivity index (χ3n) is 2.84. The van der Waals surface area contributed by atoms with Gasteiger partial charge in [-0.05, 0) is 37.6 Å². The molecule has 2 aromatic rings. The normalized spacial score (nSPS) is 10.1. The van der Waals surface area contributed by atoms with Crippen LogP contribution in [0.3, 0.4) is 0 Å². The van der Waals surface area contributed by atoms with Crippen LogP contribution in [0.15, 0.2) is 42.5 Å². The van der Waals surface area contributed by atoms with Gasteiger partial charge in [-0.1, -0.05) is 18.2 Å². The van der Waals surface area contributed by atoms with Crippen LogP contribution < -0.4 is 15.2 Å². The lowest BCUT2D eigenvalue weighted by Crippen LogP contribution is -2.12. The number of ether oxygens (including phenoxy) is 2. The summed E-state index contributed by atoms with van der Waals surface area (Å²) in [6.45, 7) is 4.46. The third kappa shape index (κ3) is 3.09. The van der Waals surface area contributed by atoms with Crippen molar-refractivity contribution in [1.29, 1.82) is 5.41 Å². The Morgan fingerprint density at radius 1 is 1.15 bits per heavy atom. The van der Waals surface area contributed by atoms with E-state index in [1.54, 1.807) is 6.07 Å². The van der Waals surface area contributed by atoms with Crippen LogP contribution in [0.4, 0.5) is 0 Å². The molecule has 0 atom stereocenters. The minimum atomic E-state index is -0.00957.